The zero-order valence-electron chi connectivity index (χ0n) is 11.3. The van der Waals surface area contributed by atoms with Crippen molar-refractivity contribution in [3.8, 4) is 11.5 Å². The van der Waals surface area contributed by atoms with Crippen LogP contribution in [0.4, 0.5) is 4.39 Å². The van der Waals surface area contributed by atoms with Gasteiger partial charge in [-0.3, -0.25) is 0 Å². The van der Waals surface area contributed by atoms with Crippen molar-refractivity contribution in [1.82, 2.24) is 10.1 Å². The molecule has 1 aromatic carbocycles. The van der Waals surface area contributed by atoms with Crippen LogP contribution in [0.3, 0.4) is 0 Å². The zero-order valence-corrected chi connectivity index (χ0v) is 11.3. The second kappa shape index (κ2) is 5.32. The molecule has 0 amide bonds. The van der Waals surface area contributed by atoms with Crippen molar-refractivity contribution >= 4 is 0 Å². The van der Waals surface area contributed by atoms with Crippen LogP contribution in [0.25, 0.3) is 11.5 Å². The van der Waals surface area contributed by atoms with E-state index in [4.69, 9.17) is 10.3 Å². The van der Waals surface area contributed by atoms with Gasteiger partial charge in [0.15, 0.2) is 5.82 Å². The van der Waals surface area contributed by atoms with Crippen molar-refractivity contribution in [2.75, 3.05) is 0 Å². The van der Waals surface area contributed by atoms with Gasteiger partial charge in [0.25, 0.3) is 5.89 Å². The van der Waals surface area contributed by atoms with Crippen molar-refractivity contribution in [3.05, 3.63) is 35.9 Å². The van der Waals surface area contributed by atoms with Gasteiger partial charge in [-0.05, 0) is 37.1 Å². The number of nitrogens with two attached hydrogens (primary N) is 1. The summed E-state index contributed by atoms with van der Waals surface area (Å²) in [5.41, 5.74) is 6.67. The van der Waals surface area contributed by atoms with Crippen LogP contribution in [0.1, 0.15) is 44.3 Å². The maximum Gasteiger partial charge on any atom is 0.257 e. The normalized spacial score (nSPS) is 18.7. The minimum atomic E-state index is -0.488. The molecule has 1 aromatic heterocycles. The first-order chi connectivity index (χ1) is 9.67. The molecule has 0 aliphatic heterocycles. The fourth-order valence-corrected chi connectivity index (χ4v) is 2.72. The average molecular weight is 275 g/mol. The lowest BCUT2D eigenvalue weighted by atomic mass is 9.91. The maximum atomic E-state index is 12.9. The van der Waals surface area contributed by atoms with Gasteiger partial charge in [0.1, 0.15) is 5.82 Å². The van der Waals surface area contributed by atoms with Gasteiger partial charge in [-0.1, -0.05) is 30.8 Å². The number of nitrogens with zero attached hydrogens (tertiary/aromatic N) is 2. The van der Waals surface area contributed by atoms with Crippen LogP contribution in [-0.2, 0) is 5.54 Å². The third-order valence-corrected chi connectivity index (χ3v) is 3.96. The molecule has 106 valence electrons. The topological polar surface area (TPSA) is 64.9 Å². The molecule has 4 nitrogen and oxygen atoms in total. The van der Waals surface area contributed by atoms with E-state index in [1.807, 2.05) is 0 Å². The second-order valence-electron chi connectivity index (χ2n) is 5.50. The fourth-order valence-electron chi connectivity index (χ4n) is 2.72. The number of hydrogen-bond acceptors (Lipinski definition) is 4. The van der Waals surface area contributed by atoms with Crippen molar-refractivity contribution in [1.29, 1.82) is 0 Å². The molecule has 1 aliphatic rings. The van der Waals surface area contributed by atoms with E-state index < -0.39 is 5.54 Å². The van der Waals surface area contributed by atoms with Crippen molar-refractivity contribution in [2.45, 2.75) is 44.1 Å². The summed E-state index contributed by atoms with van der Waals surface area (Å²) in [7, 11) is 0. The molecular formula is C15H18FN3O. The molecule has 0 saturated heterocycles. The van der Waals surface area contributed by atoms with Gasteiger partial charge in [-0.15, -0.1) is 0 Å². The summed E-state index contributed by atoms with van der Waals surface area (Å²) in [5, 5.41) is 4.05. The number of hydrogen-bond donors (Lipinski definition) is 1. The monoisotopic (exact) mass is 275 g/mol. The quantitative estimate of drug-likeness (QED) is 0.853. The molecule has 2 N–H and O–H groups in total. The Bertz CT molecular complexity index is 571. The summed E-state index contributed by atoms with van der Waals surface area (Å²) in [6, 6.07) is 6.01. The van der Waals surface area contributed by atoms with Gasteiger partial charge in [-0.25, -0.2) is 4.39 Å². The Morgan fingerprint density at radius 3 is 2.35 bits per heavy atom. The van der Waals surface area contributed by atoms with Gasteiger partial charge >= 0.3 is 0 Å². The predicted octanol–water partition coefficient (Wildman–Crippen LogP) is 3.38. The van der Waals surface area contributed by atoms with E-state index in [-0.39, 0.29) is 5.82 Å². The van der Waals surface area contributed by atoms with Crippen LogP contribution in [-0.4, -0.2) is 10.1 Å². The summed E-state index contributed by atoms with van der Waals surface area (Å²) in [4.78, 5) is 4.42. The highest BCUT2D eigenvalue weighted by molar-refractivity contribution is 5.52. The molecule has 0 bridgehead atoms. The minimum absolute atomic E-state index is 0.285. The Morgan fingerprint density at radius 1 is 1.05 bits per heavy atom. The third-order valence-electron chi connectivity index (χ3n) is 3.96. The molecule has 1 aliphatic carbocycles. The molecular weight excluding hydrogens is 257 g/mol. The van der Waals surface area contributed by atoms with E-state index in [1.54, 1.807) is 12.1 Å². The molecule has 1 heterocycles. The Morgan fingerprint density at radius 2 is 1.70 bits per heavy atom. The van der Waals surface area contributed by atoms with E-state index >= 15 is 0 Å². The van der Waals surface area contributed by atoms with Crippen LogP contribution in [0.15, 0.2) is 28.8 Å². The lowest BCUT2D eigenvalue weighted by Crippen LogP contribution is -2.37. The van der Waals surface area contributed by atoms with Gasteiger partial charge in [0, 0.05) is 5.56 Å². The number of aromatic nitrogens is 2. The summed E-state index contributed by atoms with van der Waals surface area (Å²) >= 11 is 0. The van der Waals surface area contributed by atoms with Crippen LogP contribution in [0.5, 0.6) is 0 Å². The van der Waals surface area contributed by atoms with Gasteiger partial charge in [0.05, 0.1) is 5.54 Å². The zero-order chi connectivity index (χ0) is 14.0. The van der Waals surface area contributed by atoms with Crippen molar-refractivity contribution in [2.24, 2.45) is 5.73 Å². The van der Waals surface area contributed by atoms with Gasteiger partial charge in [0.2, 0.25) is 0 Å². The van der Waals surface area contributed by atoms with Crippen LogP contribution >= 0.6 is 0 Å². The van der Waals surface area contributed by atoms with E-state index in [0.29, 0.717) is 17.3 Å². The molecule has 1 saturated carbocycles. The highest BCUT2D eigenvalue weighted by Crippen LogP contribution is 2.33. The molecule has 5 heteroatoms. The summed E-state index contributed by atoms with van der Waals surface area (Å²) < 4.78 is 18.2. The van der Waals surface area contributed by atoms with E-state index in [0.717, 1.165) is 25.7 Å². The van der Waals surface area contributed by atoms with E-state index in [9.17, 15) is 4.39 Å². The number of halogens is 1. The minimum Gasteiger partial charge on any atom is -0.334 e. The van der Waals surface area contributed by atoms with Crippen LogP contribution in [0, 0.1) is 5.82 Å². The first-order valence-electron chi connectivity index (χ1n) is 7.06. The summed E-state index contributed by atoms with van der Waals surface area (Å²) in [6.07, 6.45) is 6.38. The first-order valence-corrected chi connectivity index (χ1v) is 7.06. The number of rotatable bonds is 2. The molecule has 3 rings (SSSR count). The molecule has 0 atom stereocenters. The predicted molar refractivity (Wildman–Crippen MR) is 73.3 cm³/mol. The Labute approximate surface area is 117 Å². The third kappa shape index (κ3) is 2.58. The highest BCUT2D eigenvalue weighted by Gasteiger charge is 2.33. The second-order valence-corrected chi connectivity index (χ2v) is 5.50. The molecule has 0 spiro atoms. The van der Waals surface area contributed by atoms with Crippen LogP contribution < -0.4 is 5.73 Å². The lowest BCUT2D eigenvalue weighted by Gasteiger charge is -2.23. The van der Waals surface area contributed by atoms with Crippen molar-refractivity contribution in [3.63, 3.8) is 0 Å². The molecule has 1 fully saturated rings. The first kappa shape index (κ1) is 13.2. The Kier molecular flexibility index (Phi) is 3.53. The Balaban J connectivity index is 1.87. The molecule has 20 heavy (non-hydrogen) atoms. The fraction of sp³-hybridized carbons (Fsp3) is 0.467. The van der Waals surface area contributed by atoms with Crippen molar-refractivity contribution < 1.29 is 8.91 Å². The Hall–Kier alpha value is -1.75. The summed E-state index contributed by atoms with van der Waals surface area (Å²) in [5.74, 6) is 0.681. The lowest BCUT2D eigenvalue weighted by molar-refractivity contribution is 0.334. The van der Waals surface area contributed by atoms with E-state index in [2.05, 4.69) is 10.1 Å². The van der Waals surface area contributed by atoms with Gasteiger partial charge in [-0.2, -0.15) is 4.98 Å². The largest absolute Gasteiger partial charge is 0.334 e. The molecule has 0 radical (unpaired) electrons. The van der Waals surface area contributed by atoms with E-state index in [1.165, 1.54) is 25.0 Å². The highest BCUT2D eigenvalue weighted by atomic mass is 19.1. The van der Waals surface area contributed by atoms with Crippen LogP contribution in [0.2, 0.25) is 0 Å². The number of benzene rings is 1. The average Bonchev–Trinajstić information content (AvgIpc) is 2.84. The smallest absolute Gasteiger partial charge is 0.257 e. The molecule has 2 aromatic rings. The van der Waals surface area contributed by atoms with Gasteiger partial charge < -0.3 is 10.3 Å². The summed E-state index contributed by atoms with van der Waals surface area (Å²) in [6.45, 7) is 0. The maximum absolute atomic E-state index is 12.9. The standard InChI is InChI=1S/C15H18FN3O/c16-12-7-5-11(6-8-12)13-18-14(19-20-13)15(17)9-3-1-2-4-10-15/h5-8H,1-4,9-10,17H2. The molecule has 0 unspecified atom stereocenters. The SMILES string of the molecule is NC1(c2noc(-c3ccc(F)cc3)n2)CCCCCC1.